The summed E-state index contributed by atoms with van der Waals surface area (Å²) in [6, 6.07) is 20.4. The number of ether oxygens (including phenoxy) is 1. The van der Waals surface area contributed by atoms with Crippen molar-refractivity contribution in [2.24, 2.45) is 0 Å². The summed E-state index contributed by atoms with van der Waals surface area (Å²) in [5, 5.41) is 11.4. The van der Waals surface area contributed by atoms with E-state index in [1.807, 2.05) is 54.6 Å². The van der Waals surface area contributed by atoms with Gasteiger partial charge in [-0.3, -0.25) is 0 Å². The van der Waals surface area contributed by atoms with Crippen molar-refractivity contribution in [2.75, 3.05) is 23.1 Å². The summed E-state index contributed by atoms with van der Waals surface area (Å²) in [6.07, 6.45) is 0. The van der Waals surface area contributed by atoms with Gasteiger partial charge in [0.25, 0.3) is 0 Å². The number of benzene rings is 3. The first-order chi connectivity index (χ1) is 13.0. The number of hydrogen-bond donors (Lipinski definition) is 3. The van der Waals surface area contributed by atoms with E-state index in [4.69, 9.17) is 40.2 Å². The average molecular weight is 418 g/mol. The van der Waals surface area contributed by atoms with E-state index < -0.39 is 0 Å². The lowest BCUT2D eigenvalue weighted by molar-refractivity contribution is 0.417. The Morgan fingerprint density at radius 2 is 1.30 bits per heavy atom. The van der Waals surface area contributed by atoms with Crippen molar-refractivity contribution in [2.45, 2.75) is 0 Å². The van der Waals surface area contributed by atoms with E-state index in [2.05, 4.69) is 16.0 Å². The maximum absolute atomic E-state index is 5.94. The van der Waals surface area contributed by atoms with Crippen LogP contribution < -0.4 is 20.7 Å². The molecule has 3 aromatic carbocycles. The van der Waals surface area contributed by atoms with Crippen LogP contribution in [0.25, 0.3) is 0 Å². The van der Waals surface area contributed by atoms with Crippen LogP contribution in [0.1, 0.15) is 0 Å². The highest BCUT2D eigenvalue weighted by atomic mass is 35.5. The molecule has 27 heavy (non-hydrogen) atoms. The molecule has 0 bridgehead atoms. The number of hydrogen-bond acceptors (Lipinski definition) is 3. The Morgan fingerprint density at radius 3 is 1.89 bits per heavy atom. The molecule has 4 nitrogen and oxygen atoms in total. The second-order valence-electron chi connectivity index (χ2n) is 5.63. The number of thiocarbonyl (C=S) groups is 1. The quantitative estimate of drug-likeness (QED) is 0.410. The predicted molar refractivity (Wildman–Crippen MR) is 119 cm³/mol. The van der Waals surface area contributed by atoms with Crippen molar-refractivity contribution < 1.29 is 4.74 Å². The molecule has 0 aromatic heterocycles. The van der Waals surface area contributed by atoms with Gasteiger partial charge in [-0.05, 0) is 78.9 Å². The van der Waals surface area contributed by atoms with E-state index in [-0.39, 0.29) is 0 Å². The maximum atomic E-state index is 5.94. The van der Waals surface area contributed by atoms with Gasteiger partial charge in [0.1, 0.15) is 5.75 Å². The Morgan fingerprint density at radius 1 is 0.778 bits per heavy atom. The van der Waals surface area contributed by atoms with Gasteiger partial charge in [0.05, 0.1) is 12.8 Å². The third kappa shape index (κ3) is 5.50. The van der Waals surface area contributed by atoms with Crippen molar-refractivity contribution in [3.8, 4) is 5.75 Å². The van der Waals surface area contributed by atoms with E-state index in [0.29, 0.717) is 20.9 Å². The number of rotatable bonds is 5. The second kappa shape index (κ2) is 8.95. The van der Waals surface area contributed by atoms with Crippen LogP contribution in [-0.2, 0) is 0 Å². The van der Waals surface area contributed by atoms with Crippen LogP contribution >= 0.6 is 35.4 Å². The fourth-order valence-corrected chi connectivity index (χ4v) is 2.89. The SMILES string of the molecule is COc1ccc(NC(=S)Nc2ccc(Cl)cc2)cc1Nc1ccc(Cl)cc1. The minimum absolute atomic E-state index is 0.472. The summed E-state index contributed by atoms with van der Waals surface area (Å²) in [6.45, 7) is 0. The molecule has 0 fully saturated rings. The molecule has 0 aliphatic carbocycles. The highest BCUT2D eigenvalue weighted by Crippen LogP contribution is 2.31. The Kier molecular flexibility index (Phi) is 6.40. The molecule has 138 valence electrons. The molecule has 0 spiro atoms. The average Bonchev–Trinajstić information content (AvgIpc) is 2.66. The molecule has 0 saturated carbocycles. The summed E-state index contributed by atoms with van der Waals surface area (Å²) < 4.78 is 5.43. The normalized spacial score (nSPS) is 10.2. The number of methoxy groups -OCH3 is 1. The molecule has 0 atom stereocenters. The third-order valence-corrected chi connectivity index (χ3v) is 4.39. The van der Waals surface area contributed by atoms with E-state index >= 15 is 0 Å². The van der Waals surface area contributed by atoms with Crippen LogP contribution in [0.5, 0.6) is 5.75 Å². The molecule has 7 heteroatoms. The summed E-state index contributed by atoms with van der Waals surface area (Å²) >= 11 is 17.2. The summed E-state index contributed by atoms with van der Waals surface area (Å²) in [5.74, 6) is 0.715. The predicted octanol–water partition coefficient (Wildman–Crippen LogP) is 6.55. The standard InChI is InChI=1S/C20H17Cl2N3OS/c1-26-19-11-10-17(12-18(19)23-15-6-2-13(21)3-7-15)25-20(27)24-16-8-4-14(22)5-9-16/h2-12,23H,1H3,(H2,24,25,27). The highest BCUT2D eigenvalue weighted by Gasteiger charge is 2.07. The van der Waals surface area contributed by atoms with Gasteiger partial charge in [0.15, 0.2) is 5.11 Å². The van der Waals surface area contributed by atoms with Crippen molar-refractivity contribution in [1.82, 2.24) is 0 Å². The summed E-state index contributed by atoms with van der Waals surface area (Å²) in [4.78, 5) is 0. The lowest BCUT2D eigenvalue weighted by Gasteiger charge is -2.15. The Bertz CT molecular complexity index is 931. The van der Waals surface area contributed by atoms with E-state index in [1.165, 1.54) is 0 Å². The van der Waals surface area contributed by atoms with Gasteiger partial charge in [-0.2, -0.15) is 0 Å². The largest absolute Gasteiger partial charge is 0.495 e. The first-order valence-electron chi connectivity index (χ1n) is 8.08. The summed E-state index contributed by atoms with van der Waals surface area (Å²) in [5.41, 5.74) is 3.37. The number of anilines is 4. The van der Waals surface area contributed by atoms with Gasteiger partial charge in [0, 0.05) is 27.1 Å². The van der Waals surface area contributed by atoms with Gasteiger partial charge in [-0.25, -0.2) is 0 Å². The van der Waals surface area contributed by atoms with Crippen LogP contribution in [0.4, 0.5) is 22.7 Å². The van der Waals surface area contributed by atoms with Crippen molar-refractivity contribution in [1.29, 1.82) is 0 Å². The highest BCUT2D eigenvalue weighted by molar-refractivity contribution is 7.80. The van der Waals surface area contributed by atoms with E-state index in [0.717, 1.165) is 22.7 Å². The van der Waals surface area contributed by atoms with E-state index in [1.54, 1.807) is 19.2 Å². The zero-order valence-corrected chi connectivity index (χ0v) is 16.8. The monoisotopic (exact) mass is 417 g/mol. The van der Waals surface area contributed by atoms with Crippen molar-refractivity contribution >= 4 is 63.3 Å². The molecule has 0 aliphatic rings. The molecule has 0 aliphatic heterocycles. The topological polar surface area (TPSA) is 45.3 Å². The second-order valence-corrected chi connectivity index (χ2v) is 6.91. The number of halogens is 2. The zero-order valence-electron chi connectivity index (χ0n) is 14.4. The van der Waals surface area contributed by atoms with Crippen LogP contribution in [-0.4, -0.2) is 12.2 Å². The minimum Gasteiger partial charge on any atom is -0.495 e. The molecule has 3 aromatic rings. The first-order valence-corrected chi connectivity index (χ1v) is 9.24. The fourth-order valence-electron chi connectivity index (χ4n) is 2.40. The van der Waals surface area contributed by atoms with Gasteiger partial charge in [-0.1, -0.05) is 23.2 Å². The lowest BCUT2D eigenvalue weighted by Crippen LogP contribution is -2.19. The van der Waals surface area contributed by atoms with Crippen LogP contribution in [0.3, 0.4) is 0 Å². The number of nitrogens with one attached hydrogen (secondary N) is 3. The Labute approximate surface area is 173 Å². The fraction of sp³-hybridized carbons (Fsp3) is 0.0500. The van der Waals surface area contributed by atoms with Gasteiger partial charge >= 0.3 is 0 Å². The van der Waals surface area contributed by atoms with Crippen LogP contribution in [0.2, 0.25) is 10.0 Å². The Hall–Kier alpha value is -2.47. The van der Waals surface area contributed by atoms with Gasteiger partial charge < -0.3 is 20.7 Å². The smallest absolute Gasteiger partial charge is 0.175 e. The summed E-state index contributed by atoms with van der Waals surface area (Å²) in [7, 11) is 1.63. The van der Waals surface area contributed by atoms with Crippen LogP contribution in [0.15, 0.2) is 66.7 Å². The lowest BCUT2D eigenvalue weighted by atomic mass is 10.2. The molecular weight excluding hydrogens is 401 g/mol. The first kappa shape index (κ1) is 19.3. The molecule has 0 saturated heterocycles. The van der Waals surface area contributed by atoms with Crippen LogP contribution in [0, 0.1) is 0 Å². The molecule has 3 N–H and O–H groups in total. The third-order valence-electron chi connectivity index (χ3n) is 3.68. The minimum atomic E-state index is 0.472. The molecule has 0 heterocycles. The van der Waals surface area contributed by atoms with Crippen molar-refractivity contribution in [3.63, 3.8) is 0 Å². The molecule has 0 radical (unpaired) electrons. The van der Waals surface area contributed by atoms with Gasteiger partial charge in [0.2, 0.25) is 0 Å². The zero-order chi connectivity index (χ0) is 19.2. The maximum Gasteiger partial charge on any atom is 0.175 e. The van der Waals surface area contributed by atoms with Crippen molar-refractivity contribution in [3.05, 3.63) is 76.8 Å². The molecule has 0 amide bonds. The molecular formula is C20H17Cl2N3OS. The Balaban J connectivity index is 1.72. The van der Waals surface area contributed by atoms with Gasteiger partial charge in [-0.15, -0.1) is 0 Å². The molecule has 0 unspecified atom stereocenters. The van der Waals surface area contributed by atoms with E-state index in [9.17, 15) is 0 Å². The molecule has 3 rings (SSSR count).